The summed E-state index contributed by atoms with van der Waals surface area (Å²) in [5.74, 6) is 0. The van der Waals surface area contributed by atoms with Gasteiger partial charge in [-0.25, -0.2) is 0 Å². The molecule has 4 nitrogen and oxygen atoms in total. The van der Waals surface area contributed by atoms with Crippen molar-refractivity contribution < 1.29 is 0 Å². The molecule has 0 atom stereocenters. The fourth-order valence-electron chi connectivity index (χ4n) is 2.21. The molecule has 0 aromatic heterocycles. The molecular formula is C15H4Cl2N4. The topological polar surface area (TPSA) is 95.2 Å². The molecule has 0 aliphatic heterocycles. The van der Waals surface area contributed by atoms with Gasteiger partial charge in [-0.3, -0.25) is 0 Å². The Labute approximate surface area is 131 Å². The van der Waals surface area contributed by atoms with E-state index in [-0.39, 0.29) is 27.6 Å². The molecule has 1 aromatic carbocycles. The maximum atomic E-state index is 9.06. The highest BCUT2D eigenvalue weighted by Gasteiger charge is 2.30. The Morgan fingerprint density at radius 3 is 1.90 bits per heavy atom. The first-order valence-corrected chi connectivity index (χ1v) is 6.40. The lowest BCUT2D eigenvalue weighted by Crippen LogP contribution is -1.87. The third-order valence-electron chi connectivity index (χ3n) is 3.13. The van der Waals surface area contributed by atoms with Gasteiger partial charge in [0.25, 0.3) is 0 Å². The van der Waals surface area contributed by atoms with Gasteiger partial charge in [0.2, 0.25) is 0 Å². The molecule has 21 heavy (non-hydrogen) atoms. The zero-order valence-corrected chi connectivity index (χ0v) is 11.9. The molecule has 1 aromatic rings. The molecule has 0 unspecified atom stereocenters. The molecule has 98 valence electrons. The molecule has 0 spiro atoms. The van der Waals surface area contributed by atoms with E-state index in [0.717, 1.165) is 0 Å². The quantitative estimate of drug-likeness (QED) is 0.676. The first-order chi connectivity index (χ1) is 10.1. The molecule has 1 aliphatic rings. The lowest BCUT2D eigenvalue weighted by atomic mass is 10.0. The van der Waals surface area contributed by atoms with Crippen molar-refractivity contribution in [1.82, 2.24) is 0 Å². The highest BCUT2D eigenvalue weighted by atomic mass is 35.5. The summed E-state index contributed by atoms with van der Waals surface area (Å²) in [6.07, 6.45) is 0.127. The number of allylic oxidation sites excluding steroid dienone is 4. The molecule has 2 rings (SSSR count). The zero-order chi connectivity index (χ0) is 15.6. The fourth-order valence-corrected chi connectivity index (χ4v) is 2.65. The molecule has 0 saturated carbocycles. The molecule has 0 N–H and O–H groups in total. The van der Waals surface area contributed by atoms with Crippen LogP contribution in [0.15, 0.2) is 23.3 Å². The number of nitriles is 4. The molecule has 6 heteroatoms. The molecular weight excluding hydrogens is 307 g/mol. The number of benzene rings is 1. The van der Waals surface area contributed by atoms with Crippen LogP contribution in [0.3, 0.4) is 0 Å². The highest BCUT2D eigenvalue weighted by molar-refractivity contribution is 6.43. The molecule has 0 amide bonds. The molecule has 0 radical (unpaired) electrons. The van der Waals surface area contributed by atoms with Crippen molar-refractivity contribution >= 4 is 34.3 Å². The van der Waals surface area contributed by atoms with Gasteiger partial charge in [0, 0.05) is 12.0 Å². The average molecular weight is 311 g/mol. The van der Waals surface area contributed by atoms with Gasteiger partial charge in [-0.15, -0.1) is 0 Å². The Hall–Kier alpha value is -2.76. The smallest absolute Gasteiger partial charge is 0.133 e. The molecule has 0 heterocycles. The molecule has 0 fully saturated rings. The number of halogens is 2. The minimum Gasteiger partial charge on any atom is -0.192 e. The van der Waals surface area contributed by atoms with Crippen LogP contribution in [0, 0.1) is 45.3 Å². The van der Waals surface area contributed by atoms with E-state index in [4.69, 9.17) is 44.2 Å². The van der Waals surface area contributed by atoms with E-state index in [1.165, 1.54) is 0 Å². The Balaban J connectivity index is 2.95. The Morgan fingerprint density at radius 1 is 0.857 bits per heavy atom. The van der Waals surface area contributed by atoms with Gasteiger partial charge in [-0.1, -0.05) is 29.3 Å². The fraction of sp³-hybridized carbons (Fsp3) is 0.0667. The van der Waals surface area contributed by atoms with Crippen LogP contribution < -0.4 is 0 Å². The predicted octanol–water partition coefficient (Wildman–Crippen LogP) is 4.00. The molecule has 1 aliphatic carbocycles. The second-order valence-electron chi connectivity index (χ2n) is 4.12. The average Bonchev–Trinajstić information content (AvgIpc) is 2.86. The number of hydrogen-bond acceptors (Lipinski definition) is 4. The lowest BCUT2D eigenvalue weighted by molar-refractivity contribution is 1.41. The first kappa shape index (κ1) is 14.6. The van der Waals surface area contributed by atoms with E-state index >= 15 is 0 Å². The number of nitrogens with zero attached hydrogens (tertiary/aromatic N) is 4. The Kier molecular flexibility index (Phi) is 3.98. The monoisotopic (exact) mass is 310 g/mol. The van der Waals surface area contributed by atoms with Crippen LogP contribution in [0.1, 0.15) is 17.5 Å². The van der Waals surface area contributed by atoms with Gasteiger partial charge in [0.15, 0.2) is 0 Å². The molecule has 0 saturated heterocycles. The van der Waals surface area contributed by atoms with E-state index in [2.05, 4.69) is 0 Å². The summed E-state index contributed by atoms with van der Waals surface area (Å²) in [5.41, 5.74) is 1.67. The predicted molar refractivity (Wildman–Crippen MR) is 77.4 cm³/mol. The van der Waals surface area contributed by atoms with E-state index < -0.39 is 0 Å². The summed E-state index contributed by atoms with van der Waals surface area (Å²) in [6, 6.07) is 10.4. The van der Waals surface area contributed by atoms with Crippen molar-refractivity contribution in [2.24, 2.45) is 0 Å². The van der Waals surface area contributed by atoms with Crippen LogP contribution in [0.25, 0.3) is 11.1 Å². The van der Waals surface area contributed by atoms with Gasteiger partial charge in [-0.05, 0) is 22.8 Å². The van der Waals surface area contributed by atoms with Crippen LogP contribution in [-0.2, 0) is 0 Å². The van der Waals surface area contributed by atoms with Crippen LogP contribution >= 0.6 is 23.2 Å². The third kappa shape index (κ3) is 2.24. The molecule has 0 bridgehead atoms. The van der Waals surface area contributed by atoms with Gasteiger partial charge in [-0.2, -0.15) is 21.0 Å². The standard InChI is InChI=1S/C15H4Cl2N4/c16-13-2-1-10-11(8(4-18)5-19)3-12(9(6-20)7-21)14(10)15(13)17/h1-2H,3H2. The van der Waals surface area contributed by atoms with Crippen LogP contribution in [-0.4, -0.2) is 0 Å². The number of fused-ring (bicyclic) bond motifs is 1. The Morgan fingerprint density at radius 2 is 1.38 bits per heavy atom. The van der Waals surface area contributed by atoms with Gasteiger partial charge in [0.05, 0.1) is 10.0 Å². The van der Waals surface area contributed by atoms with Crippen molar-refractivity contribution in [3.8, 4) is 24.3 Å². The number of rotatable bonds is 0. The normalized spacial score (nSPS) is 11.7. The Bertz CT molecular complexity index is 848. The minimum atomic E-state index is -0.106. The van der Waals surface area contributed by atoms with Crippen LogP contribution in [0.4, 0.5) is 0 Å². The lowest BCUT2D eigenvalue weighted by Gasteiger charge is -2.05. The largest absolute Gasteiger partial charge is 0.192 e. The second kappa shape index (κ2) is 5.70. The van der Waals surface area contributed by atoms with E-state index in [1.807, 2.05) is 12.1 Å². The van der Waals surface area contributed by atoms with E-state index in [1.54, 1.807) is 24.3 Å². The zero-order valence-electron chi connectivity index (χ0n) is 10.4. The SMILES string of the molecule is N#CC(C#N)=C1CC(=C(C#N)C#N)c2c1ccc(Cl)c2Cl. The van der Waals surface area contributed by atoms with Crippen LogP contribution in [0.2, 0.25) is 10.0 Å². The summed E-state index contributed by atoms with van der Waals surface area (Å²) >= 11 is 12.2. The van der Waals surface area contributed by atoms with Gasteiger partial charge >= 0.3 is 0 Å². The first-order valence-electron chi connectivity index (χ1n) is 5.64. The van der Waals surface area contributed by atoms with Crippen molar-refractivity contribution in [2.75, 3.05) is 0 Å². The van der Waals surface area contributed by atoms with Crippen molar-refractivity contribution in [2.45, 2.75) is 6.42 Å². The summed E-state index contributed by atoms with van der Waals surface area (Å²) in [5, 5.41) is 36.7. The second-order valence-corrected chi connectivity index (χ2v) is 4.90. The van der Waals surface area contributed by atoms with Crippen molar-refractivity contribution in [3.05, 3.63) is 44.5 Å². The van der Waals surface area contributed by atoms with Crippen LogP contribution in [0.5, 0.6) is 0 Å². The van der Waals surface area contributed by atoms with E-state index in [0.29, 0.717) is 22.3 Å². The van der Waals surface area contributed by atoms with Gasteiger partial charge in [0.1, 0.15) is 35.4 Å². The summed E-state index contributed by atoms with van der Waals surface area (Å²) in [4.78, 5) is 0. The minimum absolute atomic E-state index is 0.0696. The highest BCUT2D eigenvalue weighted by Crippen LogP contribution is 2.48. The summed E-state index contributed by atoms with van der Waals surface area (Å²) < 4.78 is 0. The summed E-state index contributed by atoms with van der Waals surface area (Å²) in [6.45, 7) is 0. The summed E-state index contributed by atoms with van der Waals surface area (Å²) in [7, 11) is 0. The maximum absolute atomic E-state index is 9.06. The maximum Gasteiger partial charge on any atom is 0.133 e. The third-order valence-corrected chi connectivity index (χ3v) is 3.93. The van der Waals surface area contributed by atoms with Gasteiger partial charge < -0.3 is 0 Å². The van der Waals surface area contributed by atoms with Crippen molar-refractivity contribution in [1.29, 1.82) is 21.0 Å². The number of hydrogen-bond donors (Lipinski definition) is 0. The van der Waals surface area contributed by atoms with Crippen molar-refractivity contribution in [3.63, 3.8) is 0 Å². The van der Waals surface area contributed by atoms with E-state index in [9.17, 15) is 0 Å².